The summed E-state index contributed by atoms with van der Waals surface area (Å²) in [7, 11) is 0. The average molecular weight is 250 g/mol. The van der Waals surface area contributed by atoms with Crippen molar-refractivity contribution in [3.05, 3.63) is 47.7 Å². The molecule has 0 fully saturated rings. The van der Waals surface area contributed by atoms with Crippen molar-refractivity contribution in [2.24, 2.45) is 0 Å². The molecule has 2 heterocycles. The van der Waals surface area contributed by atoms with Crippen molar-refractivity contribution in [3.63, 3.8) is 0 Å². The molecule has 0 saturated heterocycles. The van der Waals surface area contributed by atoms with E-state index in [9.17, 15) is 5.11 Å². The van der Waals surface area contributed by atoms with Crippen molar-refractivity contribution in [2.45, 2.75) is 6.92 Å². The van der Waals surface area contributed by atoms with Crippen molar-refractivity contribution in [2.75, 3.05) is 0 Å². The van der Waals surface area contributed by atoms with Gasteiger partial charge in [-0.2, -0.15) is 5.26 Å². The van der Waals surface area contributed by atoms with Crippen LogP contribution >= 0.6 is 0 Å². The number of aromatic hydroxyl groups is 1. The maximum atomic E-state index is 9.76. The molecule has 0 unspecified atom stereocenters. The van der Waals surface area contributed by atoms with Crippen molar-refractivity contribution in [1.29, 1.82) is 5.26 Å². The molecule has 3 aromatic rings. The van der Waals surface area contributed by atoms with Gasteiger partial charge in [0, 0.05) is 11.8 Å². The lowest BCUT2D eigenvalue weighted by atomic mass is 10.1. The number of aryl methyl sites for hydroxylation is 1. The fourth-order valence-corrected chi connectivity index (χ4v) is 1.90. The summed E-state index contributed by atoms with van der Waals surface area (Å²) in [5.41, 5.74) is 2.75. The molecular weight excluding hydrogens is 240 g/mol. The minimum Gasteiger partial charge on any atom is -0.508 e. The third-order valence-electron chi connectivity index (χ3n) is 3.00. The molecule has 92 valence electrons. The number of pyridine rings is 1. The Morgan fingerprint density at radius 1 is 1.21 bits per heavy atom. The summed E-state index contributed by atoms with van der Waals surface area (Å²) in [6.45, 7) is 1.83. The van der Waals surface area contributed by atoms with Gasteiger partial charge < -0.3 is 5.11 Å². The van der Waals surface area contributed by atoms with Crippen molar-refractivity contribution < 1.29 is 5.11 Å². The molecule has 1 aromatic carbocycles. The SMILES string of the molecule is Cc1ccc(-c2nnc3ccc(C#N)cn23)cc1O. The summed E-state index contributed by atoms with van der Waals surface area (Å²) >= 11 is 0. The van der Waals surface area contributed by atoms with Crippen LogP contribution in [0.5, 0.6) is 5.75 Å². The Labute approximate surface area is 109 Å². The van der Waals surface area contributed by atoms with E-state index < -0.39 is 0 Å². The first-order valence-corrected chi connectivity index (χ1v) is 5.74. The molecule has 0 aliphatic heterocycles. The van der Waals surface area contributed by atoms with Crippen molar-refractivity contribution >= 4 is 5.65 Å². The largest absolute Gasteiger partial charge is 0.508 e. The number of benzene rings is 1. The van der Waals surface area contributed by atoms with E-state index in [4.69, 9.17) is 5.26 Å². The van der Waals surface area contributed by atoms with E-state index in [-0.39, 0.29) is 5.75 Å². The first kappa shape index (κ1) is 11.2. The molecule has 3 rings (SSSR count). The average Bonchev–Trinajstić information content (AvgIpc) is 2.84. The minimum absolute atomic E-state index is 0.214. The number of hydrogen-bond acceptors (Lipinski definition) is 4. The van der Waals surface area contributed by atoms with Gasteiger partial charge in [-0.15, -0.1) is 10.2 Å². The molecule has 1 N–H and O–H groups in total. The fourth-order valence-electron chi connectivity index (χ4n) is 1.90. The van der Waals surface area contributed by atoms with Gasteiger partial charge in [-0.3, -0.25) is 4.40 Å². The first-order chi connectivity index (χ1) is 9.19. The monoisotopic (exact) mass is 250 g/mol. The van der Waals surface area contributed by atoms with Crippen LogP contribution in [-0.4, -0.2) is 19.7 Å². The van der Waals surface area contributed by atoms with Gasteiger partial charge in [0.2, 0.25) is 0 Å². The highest BCUT2D eigenvalue weighted by atomic mass is 16.3. The Morgan fingerprint density at radius 3 is 2.79 bits per heavy atom. The zero-order valence-corrected chi connectivity index (χ0v) is 10.2. The van der Waals surface area contributed by atoms with E-state index in [0.29, 0.717) is 17.0 Å². The summed E-state index contributed by atoms with van der Waals surface area (Å²) in [5.74, 6) is 0.813. The Kier molecular flexibility index (Phi) is 2.43. The van der Waals surface area contributed by atoms with E-state index in [0.717, 1.165) is 11.1 Å². The van der Waals surface area contributed by atoms with Crippen molar-refractivity contribution in [3.8, 4) is 23.2 Å². The van der Waals surface area contributed by atoms with E-state index in [1.165, 1.54) is 0 Å². The molecule has 0 bridgehead atoms. The molecular formula is C14H10N4O. The lowest BCUT2D eigenvalue weighted by molar-refractivity contribution is 0.471. The second-order valence-electron chi connectivity index (χ2n) is 4.28. The van der Waals surface area contributed by atoms with Gasteiger partial charge in [0.1, 0.15) is 11.8 Å². The molecule has 0 atom stereocenters. The van der Waals surface area contributed by atoms with Crippen molar-refractivity contribution in [1.82, 2.24) is 14.6 Å². The molecule has 0 spiro atoms. The molecule has 2 aromatic heterocycles. The van der Waals surface area contributed by atoms with E-state index in [1.54, 1.807) is 28.8 Å². The normalized spacial score (nSPS) is 10.5. The highest BCUT2D eigenvalue weighted by molar-refractivity contribution is 5.62. The van der Waals surface area contributed by atoms with Gasteiger partial charge in [0.25, 0.3) is 0 Å². The predicted octanol–water partition coefficient (Wildman–Crippen LogP) is 2.28. The lowest BCUT2D eigenvalue weighted by Gasteiger charge is -2.03. The van der Waals surface area contributed by atoms with Gasteiger partial charge >= 0.3 is 0 Å². The van der Waals surface area contributed by atoms with Crippen LogP contribution in [0.3, 0.4) is 0 Å². The summed E-state index contributed by atoms with van der Waals surface area (Å²) < 4.78 is 1.74. The standard InChI is InChI=1S/C14H10N4O/c1-9-2-4-11(6-12(9)19)14-17-16-13-5-3-10(7-15)8-18(13)14/h2-6,8,19H,1H3. The van der Waals surface area contributed by atoms with E-state index in [2.05, 4.69) is 16.3 Å². The fraction of sp³-hybridized carbons (Fsp3) is 0.0714. The van der Waals surface area contributed by atoms with Crippen LogP contribution in [0.15, 0.2) is 36.5 Å². The lowest BCUT2D eigenvalue weighted by Crippen LogP contribution is -1.91. The number of phenols is 1. The second-order valence-corrected chi connectivity index (χ2v) is 4.28. The van der Waals surface area contributed by atoms with Crippen LogP contribution in [0.1, 0.15) is 11.1 Å². The summed E-state index contributed by atoms with van der Waals surface area (Å²) in [4.78, 5) is 0. The molecule has 0 amide bonds. The minimum atomic E-state index is 0.214. The van der Waals surface area contributed by atoms with Gasteiger partial charge in [-0.05, 0) is 30.7 Å². The number of aromatic nitrogens is 3. The van der Waals surface area contributed by atoms with E-state index in [1.807, 2.05) is 19.1 Å². The molecule has 5 nitrogen and oxygen atoms in total. The van der Waals surface area contributed by atoms with Gasteiger partial charge in [0.15, 0.2) is 11.5 Å². The molecule has 0 aliphatic carbocycles. The number of fused-ring (bicyclic) bond motifs is 1. The molecule has 0 saturated carbocycles. The zero-order valence-electron chi connectivity index (χ0n) is 10.2. The Bertz CT molecular complexity index is 814. The quantitative estimate of drug-likeness (QED) is 0.719. The Hall–Kier alpha value is -2.87. The van der Waals surface area contributed by atoms with Gasteiger partial charge in [-0.25, -0.2) is 0 Å². The van der Waals surface area contributed by atoms with Crippen LogP contribution in [0.25, 0.3) is 17.0 Å². The highest BCUT2D eigenvalue weighted by Crippen LogP contribution is 2.25. The molecule has 0 radical (unpaired) electrons. The van der Waals surface area contributed by atoms with Crippen LogP contribution in [0.2, 0.25) is 0 Å². The first-order valence-electron chi connectivity index (χ1n) is 5.74. The maximum absolute atomic E-state index is 9.76. The molecule has 0 aliphatic rings. The topological polar surface area (TPSA) is 74.2 Å². The summed E-state index contributed by atoms with van der Waals surface area (Å²) in [6.07, 6.45) is 1.68. The highest BCUT2D eigenvalue weighted by Gasteiger charge is 2.10. The Balaban J connectivity index is 2.24. The van der Waals surface area contributed by atoms with Gasteiger partial charge in [0.05, 0.1) is 5.56 Å². The number of nitrogens with zero attached hydrogens (tertiary/aromatic N) is 4. The van der Waals surface area contributed by atoms with Crippen LogP contribution < -0.4 is 0 Å². The zero-order chi connectivity index (χ0) is 13.4. The third kappa shape index (κ3) is 1.79. The third-order valence-corrected chi connectivity index (χ3v) is 3.00. The van der Waals surface area contributed by atoms with E-state index >= 15 is 0 Å². The van der Waals surface area contributed by atoms with Crippen LogP contribution in [-0.2, 0) is 0 Å². The number of hydrogen-bond donors (Lipinski definition) is 1. The number of nitriles is 1. The number of phenolic OH excluding ortho intramolecular Hbond substituents is 1. The van der Waals surface area contributed by atoms with Gasteiger partial charge in [-0.1, -0.05) is 12.1 Å². The smallest absolute Gasteiger partial charge is 0.168 e. The van der Waals surface area contributed by atoms with Crippen LogP contribution in [0.4, 0.5) is 0 Å². The summed E-state index contributed by atoms with van der Waals surface area (Å²) in [6, 6.07) is 10.8. The maximum Gasteiger partial charge on any atom is 0.168 e. The predicted molar refractivity (Wildman–Crippen MR) is 69.5 cm³/mol. The Morgan fingerprint density at radius 2 is 2.05 bits per heavy atom. The molecule has 19 heavy (non-hydrogen) atoms. The second kappa shape index (κ2) is 4.10. The van der Waals surface area contributed by atoms with Crippen LogP contribution in [0, 0.1) is 18.3 Å². The summed E-state index contributed by atoms with van der Waals surface area (Å²) in [5, 5.41) is 26.8. The molecule has 5 heteroatoms. The number of rotatable bonds is 1.